The molecule has 5 rings (SSSR count). The lowest BCUT2D eigenvalue weighted by molar-refractivity contribution is 0.0883. The molecule has 2 N–H and O–H groups in total. The molecular weight excluding hydrogens is 474 g/mol. The van der Waals surface area contributed by atoms with Crippen molar-refractivity contribution in [2.45, 2.75) is 103 Å². The van der Waals surface area contributed by atoms with Gasteiger partial charge < -0.3 is 15.4 Å². The number of aromatic nitrogens is 3. The first-order valence-corrected chi connectivity index (χ1v) is 14.4. The number of aryl methyl sites for hydroxylation is 1. The van der Waals surface area contributed by atoms with Crippen LogP contribution in [-0.4, -0.2) is 39.9 Å². The van der Waals surface area contributed by atoms with Gasteiger partial charge in [-0.3, -0.25) is 4.79 Å². The number of carbonyl (C=O) groups excluding carboxylic acids is 1. The second-order valence-corrected chi connectivity index (χ2v) is 12.1. The van der Waals surface area contributed by atoms with Gasteiger partial charge in [-0.1, -0.05) is 70.7 Å². The highest BCUT2D eigenvalue weighted by Gasteiger charge is 2.36. The fourth-order valence-electron chi connectivity index (χ4n) is 6.02. The second-order valence-electron chi connectivity index (χ2n) is 12.1. The average molecular weight is 518 g/mol. The molecule has 1 amide bonds. The van der Waals surface area contributed by atoms with E-state index in [1.54, 1.807) is 6.20 Å². The van der Waals surface area contributed by atoms with E-state index < -0.39 is 0 Å². The van der Waals surface area contributed by atoms with Crippen LogP contribution in [0.15, 0.2) is 36.7 Å². The number of benzene rings is 1. The first-order valence-electron chi connectivity index (χ1n) is 14.4. The molecule has 0 radical (unpaired) electrons. The molecule has 7 nitrogen and oxygen atoms in total. The van der Waals surface area contributed by atoms with Gasteiger partial charge in [-0.2, -0.15) is 5.10 Å². The molecule has 1 aromatic carbocycles. The van der Waals surface area contributed by atoms with Gasteiger partial charge in [0, 0.05) is 32.0 Å². The summed E-state index contributed by atoms with van der Waals surface area (Å²) in [6.07, 6.45) is 11.9. The third-order valence-electron chi connectivity index (χ3n) is 8.39. The van der Waals surface area contributed by atoms with E-state index in [2.05, 4.69) is 67.7 Å². The van der Waals surface area contributed by atoms with Gasteiger partial charge in [0.05, 0.1) is 28.4 Å². The van der Waals surface area contributed by atoms with Crippen molar-refractivity contribution >= 4 is 22.6 Å². The van der Waals surface area contributed by atoms with Crippen molar-refractivity contribution in [1.29, 1.82) is 0 Å². The molecule has 3 aromatic rings. The number of hydrogen-bond donors (Lipinski definition) is 2. The number of rotatable bonds is 6. The highest BCUT2D eigenvalue weighted by Crippen LogP contribution is 2.38. The summed E-state index contributed by atoms with van der Waals surface area (Å²) in [6.45, 7) is 11.0. The highest BCUT2D eigenvalue weighted by molar-refractivity contribution is 6.06. The third-order valence-corrected chi connectivity index (χ3v) is 8.39. The Hall–Kier alpha value is -2.93. The van der Waals surface area contributed by atoms with Gasteiger partial charge in [0.15, 0.2) is 5.65 Å². The van der Waals surface area contributed by atoms with Gasteiger partial charge in [0.2, 0.25) is 0 Å². The average Bonchev–Trinajstić information content (AvgIpc) is 3.20. The smallest absolute Gasteiger partial charge is 0.255 e. The van der Waals surface area contributed by atoms with Crippen molar-refractivity contribution < 1.29 is 9.53 Å². The van der Waals surface area contributed by atoms with Gasteiger partial charge in [0.1, 0.15) is 0 Å². The van der Waals surface area contributed by atoms with E-state index >= 15 is 0 Å². The quantitative estimate of drug-likeness (QED) is 0.374. The lowest BCUT2D eigenvalue weighted by atomic mass is 9.80. The summed E-state index contributed by atoms with van der Waals surface area (Å²) in [6, 6.07) is 9.20. The molecule has 0 atom stereocenters. The molecule has 3 heterocycles. The summed E-state index contributed by atoms with van der Waals surface area (Å²) >= 11 is 0. The Balaban J connectivity index is 1.52. The molecule has 2 aliphatic rings. The van der Waals surface area contributed by atoms with E-state index in [1.807, 2.05) is 10.9 Å². The molecule has 38 heavy (non-hydrogen) atoms. The number of anilines is 1. The summed E-state index contributed by atoms with van der Waals surface area (Å²) in [5, 5.41) is 12.7. The molecule has 0 unspecified atom stereocenters. The van der Waals surface area contributed by atoms with Crippen LogP contribution < -0.4 is 10.6 Å². The largest absolute Gasteiger partial charge is 0.381 e. The number of carbonyl (C=O) groups is 1. The standard InChI is InChI=1S/C31H43N5O2/c1-5-36-28-25(21-33-36)27(34-24-14-18-38-19-15-24)26(20-32-28)29(37)35-31(16-8-6-7-9-17-31)23-12-10-22(11-13-23)30(2,3)4/h10-13,20-21,24H,5-9,14-19H2,1-4H3,(H,32,34)(H,35,37). The van der Waals surface area contributed by atoms with E-state index in [1.165, 1.54) is 24.0 Å². The van der Waals surface area contributed by atoms with Crippen LogP contribution in [0.3, 0.4) is 0 Å². The molecule has 1 saturated heterocycles. The van der Waals surface area contributed by atoms with Crippen molar-refractivity contribution in [2.24, 2.45) is 0 Å². The lowest BCUT2D eigenvalue weighted by Crippen LogP contribution is -2.46. The van der Waals surface area contributed by atoms with Gasteiger partial charge in [-0.05, 0) is 49.1 Å². The maximum atomic E-state index is 14.2. The molecule has 1 aliphatic carbocycles. The summed E-state index contributed by atoms with van der Waals surface area (Å²) < 4.78 is 7.46. The van der Waals surface area contributed by atoms with Crippen LogP contribution in [0.4, 0.5) is 5.69 Å². The van der Waals surface area contributed by atoms with Gasteiger partial charge in [-0.15, -0.1) is 0 Å². The monoisotopic (exact) mass is 517 g/mol. The van der Waals surface area contributed by atoms with E-state index in [-0.39, 0.29) is 22.9 Å². The summed E-state index contributed by atoms with van der Waals surface area (Å²) in [4.78, 5) is 18.9. The number of pyridine rings is 1. The Morgan fingerprint density at radius 3 is 2.37 bits per heavy atom. The van der Waals surface area contributed by atoms with Crippen LogP contribution >= 0.6 is 0 Å². The first-order chi connectivity index (χ1) is 18.3. The highest BCUT2D eigenvalue weighted by atomic mass is 16.5. The number of nitrogens with one attached hydrogen (secondary N) is 2. The minimum atomic E-state index is -0.386. The molecule has 7 heteroatoms. The van der Waals surface area contributed by atoms with Gasteiger partial charge in [0.25, 0.3) is 5.91 Å². The fraction of sp³-hybridized carbons (Fsp3) is 0.581. The SMILES string of the molecule is CCn1ncc2c(NC3CCOCC3)c(C(=O)NC3(c4ccc(C(C)(C)C)cc4)CCCCCC3)cnc21. The molecule has 0 bridgehead atoms. The molecule has 1 aliphatic heterocycles. The fourth-order valence-corrected chi connectivity index (χ4v) is 6.02. The van der Waals surface area contributed by atoms with E-state index in [0.717, 1.165) is 75.0 Å². The number of amides is 1. The Kier molecular flexibility index (Phi) is 7.75. The van der Waals surface area contributed by atoms with E-state index in [4.69, 9.17) is 9.72 Å². The molecule has 204 valence electrons. The Morgan fingerprint density at radius 1 is 1.05 bits per heavy atom. The van der Waals surface area contributed by atoms with Crippen molar-refractivity contribution in [3.05, 3.63) is 53.3 Å². The Morgan fingerprint density at radius 2 is 1.74 bits per heavy atom. The lowest BCUT2D eigenvalue weighted by Gasteiger charge is -2.36. The van der Waals surface area contributed by atoms with Crippen LogP contribution in [0.25, 0.3) is 11.0 Å². The minimum absolute atomic E-state index is 0.0694. The van der Waals surface area contributed by atoms with Crippen molar-refractivity contribution in [3.63, 3.8) is 0 Å². The zero-order chi connectivity index (χ0) is 26.8. The van der Waals surface area contributed by atoms with Crippen molar-refractivity contribution in [1.82, 2.24) is 20.1 Å². The van der Waals surface area contributed by atoms with E-state index in [0.29, 0.717) is 5.56 Å². The van der Waals surface area contributed by atoms with Crippen molar-refractivity contribution in [3.8, 4) is 0 Å². The van der Waals surface area contributed by atoms with Crippen LogP contribution in [0.2, 0.25) is 0 Å². The zero-order valence-corrected chi connectivity index (χ0v) is 23.5. The van der Waals surface area contributed by atoms with Crippen LogP contribution in [0.1, 0.15) is 101 Å². The predicted octanol–water partition coefficient (Wildman–Crippen LogP) is 6.32. The zero-order valence-electron chi connectivity index (χ0n) is 23.5. The summed E-state index contributed by atoms with van der Waals surface area (Å²) in [7, 11) is 0. The third kappa shape index (κ3) is 5.44. The van der Waals surface area contributed by atoms with E-state index in [9.17, 15) is 4.79 Å². The molecule has 2 aromatic heterocycles. The second kappa shape index (κ2) is 11.0. The summed E-state index contributed by atoms with van der Waals surface area (Å²) in [5.41, 5.74) is 4.45. The predicted molar refractivity (Wildman–Crippen MR) is 153 cm³/mol. The van der Waals surface area contributed by atoms with Gasteiger partial charge in [-0.25, -0.2) is 9.67 Å². The Labute approximate surface area is 226 Å². The normalized spacial score (nSPS) is 18.7. The van der Waals surface area contributed by atoms with Crippen molar-refractivity contribution in [2.75, 3.05) is 18.5 Å². The topological polar surface area (TPSA) is 81.1 Å². The number of fused-ring (bicyclic) bond motifs is 1. The number of ether oxygens (including phenoxy) is 1. The van der Waals surface area contributed by atoms with Gasteiger partial charge >= 0.3 is 0 Å². The van der Waals surface area contributed by atoms with Crippen LogP contribution in [-0.2, 0) is 22.2 Å². The number of hydrogen-bond acceptors (Lipinski definition) is 5. The molecule has 0 spiro atoms. The van der Waals surface area contributed by atoms with Crippen LogP contribution in [0.5, 0.6) is 0 Å². The Bertz CT molecular complexity index is 1240. The minimum Gasteiger partial charge on any atom is -0.381 e. The number of nitrogens with zero attached hydrogens (tertiary/aromatic N) is 3. The molecular formula is C31H43N5O2. The van der Waals surface area contributed by atoms with Crippen LogP contribution in [0, 0.1) is 0 Å². The first kappa shape index (κ1) is 26.7. The molecule has 2 fully saturated rings. The molecule has 1 saturated carbocycles. The maximum Gasteiger partial charge on any atom is 0.255 e. The maximum absolute atomic E-state index is 14.2. The summed E-state index contributed by atoms with van der Waals surface area (Å²) in [5.74, 6) is -0.0694.